The van der Waals surface area contributed by atoms with E-state index in [4.69, 9.17) is 5.73 Å². The van der Waals surface area contributed by atoms with Gasteiger partial charge in [-0.3, -0.25) is 0 Å². The molecule has 1 nitrogen and oxygen atoms in total. The van der Waals surface area contributed by atoms with E-state index in [9.17, 15) is 0 Å². The highest BCUT2D eigenvalue weighted by atomic mass is 79.9. The van der Waals surface area contributed by atoms with Crippen LogP contribution in [0.5, 0.6) is 0 Å². The molecule has 2 N–H and O–H groups in total. The molecule has 0 saturated carbocycles. The molecule has 15 heavy (non-hydrogen) atoms. The van der Waals surface area contributed by atoms with Crippen LogP contribution in [-0.4, -0.2) is 0 Å². The largest absolute Gasteiger partial charge is 0.326 e. The second kappa shape index (κ2) is 5.16. The van der Waals surface area contributed by atoms with Gasteiger partial charge < -0.3 is 5.73 Å². The van der Waals surface area contributed by atoms with E-state index in [-0.39, 0.29) is 0 Å². The highest BCUT2D eigenvalue weighted by molar-refractivity contribution is 9.11. The lowest BCUT2D eigenvalue weighted by Crippen LogP contribution is -1.95. The number of hydrogen-bond acceptors (Lipinski definition) is 3. The van der Waals surface area contributed by atoms with Crippen molar-refractivity contribution in [2.24, 2.45) is 5.73 Å². The smallest absolute Gasteiger partial charge is 0.0710 e. The Morgan fingerprint density at radius 2 is 2.13 bits per heavy atom. The SMILES string of the molecule is NCc1cccc(Sc2ccc(Br)s2)c1. The van der Waals surface area contributed by atoms with Crippen LogP contribution in [0, 0.1) is 0 Å². The van der Waals surface area contributed by atoms with Gasteiger partial charge in [0.1, 0.15) is 0 Å². The summed E-state index contributed by atoms with van der Waals surface area (Å²) in [5, 5.41) is 0. The zero-order chi connectivity index (χ0) is 10.7. The normalized spacial score (nSPS) is 10.5. The van der Waals surface area contributed by atoms with E-state index >= 15 is 0 Å². The Bertz CT molecular complexity index is 453. The van der Waals surface area contributed by atoms with Crippen molar-refractivity contribution in [3.63, 3.8) is 0 Å². The molecular formula is C11H10BrNS2. The van der Waals surface area contributed by atoms with E-state index in [1.807, 2.05) is 12.1 Å². The summed E-state index contributed by atoms with van der Waals surface area (Å²) in [6, 6.07) is 12.5. The molecule has 0 aliphatic heterocycles. The maximum atomic E-state index is 5.60. The first kappa shape index (κ1) is 11.2. The number of benzene rings is 1. The summed E-state index contributed by atoms with van der Waals surface area (Å²) < 4.78 is 2.45. The Morgan fingerprint density at radius 1 is 1.27 bits per heavy atom. The van der Waals surface area contributed by atoms with Crippen molar-refractivity contribution in [1.82, 2.24) is 0 Å². The number of halogens is 1. The summed E-state index contributed by atoms with van der Waals surface area (Å²) in [7, 11) is 0. The number of rotatable bonds is 3. The lowest BCUT2D eigenvalue weighted by molar-refractivity contribution is 1.06. The summed E-state index contributed by atoms with van der Waals surface area (Å²) in [5.41, 5.74) is 6.78. The Labute approximate surface area is 106 Å². The number of thiophene rings is 1. The third-order valence-electron chi connectivity index (χ3n) is 1.90. The van der Waals surface area contributed by atoms with Crippen LogP contribution in [0.2, 0.25) is 0 Å². The van der Waals surface area contributed by atoms with E-state index in [0.717, 1.165) is 0 Å². The summed E-state index contributed by atoms with van der Waals surface area (Å²) in [6.45, 7) is 0.600. The first-order valence-corrected chi connectivity index (χ1v) is 6.93. The van der Waals surface area contributed by atoms with E-state index in [0.29, 0.717) is 6.54 Å². The predicted molar refractivity (Wildman–Crippen MR) is 70.5 cm³/mol. The molecule has 4 heteroatoms. The van der Waals surface area contributed by atoms with Crippen LogP contribution in [0.4, 0.5) is 0 Å². The second-order valence-corrected chi connectivity index (χ2v) is 6.85. The van der Waals surface area contributed by atoms with Crippen molar-refractivity contribution in [2.75, 3.05) is 0 Å². The standard InChI is InChI=1S/C11H10BrNS2/c12-10-4-5-11(15-10)14-9-3-1-2-8(6-9)7-13/h1-6H,7,13H2. The molecule has 0 bridgehead atoms. The first-order valence-electron chi connectivity index (χ1n) is 4.50. The van der Waals surface area contributed by atoms with Crippen molar-refractivity contribution in [1.29, 1.82) is 0 Å². The fraction of sp³-hybridized carbons (Fsp3) is 0.0909. The topological polar surface area (TPSA) is 26.0 Å². The molecule has 2 aromatic rings. The molecule has 0 amide bonds. The number of hydrogen-bond donors (Lipinski definition) is 1. The van der Waals surface area contributed by atoms with Gasteiger partial charge in [-0.2, -0.15) is 0 Å². The van der Waals surface area contributed by atoms with E-state index < -0.39 is 0 Å². The minimum absolute atomic E-state index is 0.600. The second-order valence-electron chi connectivity index (χ2n) is 3.01. The quantitative estimate of drug-likeness (QED) is 0.922. The van der Waals surface area contributed by atoms with Gasteiger partial charge in [0, 0.05) is 11.4 Å². The Kier molecular flexibility index (Phi) is 3.86. The molecule has 0 saturated heterocycles. The molecular weight excluding hydrogens is 290 g/mol. The van der Waals surface area contributed by atoms with Crippen LogP contribution in [0.15, 0.2) is 49.3 Å². The van der Waals surface area contributed by atoms with Crippen LogP contribution >= 0.6 is 39.0 Å². The van der Waals surface area contributed by atoms with Crippen molar-refractivity contribution in [3.05, 3.63) is 45.7 Å². The van der Waals surface area contributed by atoms with E-state index in [2.05, 4.69) is 40.2 Å². The van der Waals surface area contributed by atoms with Crippen molar-refractivity contribution in [3.8, 4) is 0 Å². The van der Waals surface area contributed by atoms with Crippen LogP contribution in [-0.2, 0) is 6.54 Å². The maximum absolute atomic E-state index is 5.60. The minimum Gasteiger partial charge on any atom is -0.326 e. The highest BCUT2D eigenvalue weighted by Gasteiger charge is 2.01. The molecule has 0 spiro atoms. The first-order chi connectivity index (χ1) is 7.28. The van der Waals surface area contributed by atoms with Gasteiger partial charge in [0.15, 0.2) is 0 Å². The fourth-order valence-electron chi connectivity index (χ4n) is 1.20. The van der Waals surface area contributed by atoms with Crippen LogP contribution in [0.1, 0.15) is 5.56 Å². The van der Waals surface area contributed by atoms with Gasteiger partial charge in [0.25, 0.3) is 0 Å². The van der Waals surface area contributed by atoms with Crippen molar-refractivity contribution < 1.29 is 0 Å². The summed E-state index contributed by atoms with van der Waals surface area (Å²) in [4.78, 5) is 1.24. The van der Waals surface area contributed by atoms with Gasteiger partial charge in [-0.1, -0.05) is 23.9 Å². The molecule has 0 unspecified atom stereocenters. The average Bonchev–Trinajstić information content (AvgIpc) is 2.64. The molecule has 78 valence electrons. The Hall–Kier alpha value is -0.290. The minimum atomic E-state index is 0.600. The maximum Gasteiger partial charge on any atom is 0.0710 e. The molecule has 1 heterocycles. The molecule has 0 atom stereocenters. The van der Waals surface area contributed by atoms with Gasteiger partial charge in [-0.05, 0) is 45.8 Å². The van der Waals surface area contributed by atoms with Gasteiger partial charge in [-0.15, -0.1) is 11.3 Å². The number of nitrogens with two attached hydrogens (primary N) is 1. The van der Waals surface area contributed by atoms with Crippen molar-refractivity contribution >= 4 is 39.0 Å². The van der Waals surface area contributed by atoms with Gasteiger partial charge in [0.05, 0.1) is 8.00 Å². The lowest BCUT2D eigenvalue weighted by atomic mass is 10.2. The molecule has 1 aromatic carbocycles. The highest BCUT2D eigenvalue weighted by Crippen LogP contribution is 2.35. The molecule has 0 aliphatic carbocycles. The van der Waals surface area contributed by atoms with Crippen molar-refractivity contribution in [2.45, 2.75) is 15.6 Å². The van der Waals surface area contributed by atoms with E-state index in [1.165, 1.54) is 18.5 Å². The predicted octanol–water partition coefficient (Wildman–Crippen LogP) is 4.12. The molecule has 0 radical (unpaired) electrons. The zero-order valence-electron chi connectivity index (χ0n) is 7.94. The van der Waals surface area contributed by atoms with Crippen LogP contribution in [0.3, 0.4) is 0 Å². The molecule has 2 rings (SSSR count). The monoisotopic (exact) mass is 299 g/mol. The van der Waals surface area contributed by atoms with Gasteiger partial charge in [0.2, 0.25) is 0 Å². The van der Waals surface area contributed by atoms with Gasteiger partial charge >= 0.3 is 0 Å². The fourth-order valence-corrected chi connectivity index (χ4v) is 4.10. The van der Waals surface area contributed by atoms with Gasteiger partial charge in [-0.25, -0.2) is 0 Å². The average molecular weight is 300 g/mol. The van der Waals surface area contributed by atoms with Crippen LogP contribution < -0.4 is 5.73 Å². The molecule has 1 aromatic heterocycles. The summed E-state index contributed by atoms with van der Waals surface area (Å²) in [6.07, 6.45) is 0. The summed E-state index contributed by atoms with van der Waals surface area (Å²) >= 11 is 6.97. The molecule has 0 fully saturated rings. The third kappa shape index (κ3) is 3.08. The lowest BCUT2D eigenvalue weighted by Gasteiger charge is -2.01. The Morgan fingerprint density at radius 3 is 2.80 bits per heavy atom. The third-order valence-corrected chi connectivity index (χ3v) is 4.65. The summed E-state index contributed by atoms with van der Waals surface area (Å²) in [5.74, 6) is 0. The van der Waals surface area contributed by atoms with E-state index in [1.54, 1.807) is 23.1 Å². The van der Waals surface area contributed by atoms with Crippen LogP contribution in [0.25, 0.3) is 0 Å². The zero-order valence-corrected chi connectivity index (χ0v) is 11.2. The molecule has 0 aliphatic rings. The Balaban J connectivity index is 2.16.